The Morgan fingerprint density at radius 1 is 1.00 bits per heavy atom. The number of carbonyl (C=O) groups is 1. The second-order valence-electron chi connectivity index (χ2n) is 8.40. The molecule has 3 rings (SSSR count). The van der Waals surface area contributed by atoms with E-state index in [1.807, 2.05) is 36.4 Å². The Labute approximate surface area is 187 Å². The highest BCUT2D eigenvalue weighted by atomic mass is 16.5. The van der Waals surface area contributed by atoms with Crippen LogP contribution in [-0.4, -0.2) is 31.3 Å². The van der Waals surface area contributed by atoms with E-state index in [0.717, 1.165) is 30.4 Å². The van der Waals surface area contributed by atoms with E-state index in [9.17, 15) is 14.7 Å². The maximum absolute atomic E-state index is 12.3. The average Bonchev–Trinajstić information content (AvgIpc) is 3.02. The Morgan fingerprint density at radius 3 is 2.19 bits per heavy atom. The molecular weight excluding hydrogens is 408 g/mol. The molecule has 2 aromatic carbocycles. The fourth-order valence-corrected chi connectivity index (χ4v) is 3.43. The number of hydrogen-bond donors (Lipinski definition) is 3. The minimum Gasteiger partial charge on any atom is -0.493 e. The third kappa shape index (κ3) is 5.60. The van der Waals surface area contributed by atoms with Crippen molar-refractivity contribution >= 4 is 5.97 Å². The number of benzene rings is 2. The SMILES string of the molecule is CCc1ccc(Cn2c(O)c(CCCc3ccc(OC(C)(C)C(=O)O)cc3)[nH]c2=O)cc1. The first-order chi connectivity index (χ1) is 15.2. The number of aromatic nitrogens is 2. The highest BCUT2D eigenvalue weighted by Gasteiger charge is 2.29. The summed E-state index contributed by atoms with van der Waals surface area (Å²) in [5.41, 5.74) is 2.16. The summed E-state index contributed by atoms with van der Waals surface area (Å²) in [4.78, 5) is 26.3. The molecule has 1 aromatic heterocycles. The van der Waals surface area contributed by atoms with Gasteiger partial charge in [0.2, 0.25) is 5.88 Å². The van der Waals surface area contributed by atoms with Crippen LogP contribution in [0.2, 0.25) is 0 Å². The summed E-state index contributed by atoms with van der Waals surface area (Å²) >= 11 is 0. The van der Waals surface area contributed by atoms with E-state index >= 15 is 0 Å². The lowest BCUT2D eigenvalue weighted by Crippen LogP contribution is -2.37. The summed E-state index contributed by atoms with van der Waals surface area (Å²) in [6, 6.07) is 15.3. The van der Waals surface area contributed by atoms with Crippen molar-refractivity contribution in [2.24, 2.45) is 0 Å². The lowest BCUT2D eigenvalue weighted by atomic mass is 10.1. The molecule has 0 fully saturated rings. The first-order valence-corrected chi connectivity index (χ1v) is 10.8. The highest BCUT2D eigenvalue weighted by Crippen LogP contribution is 2.21. The van der Waals surface area contributed by atoms with Gasteiger partial charge in [-0.3, -0.25) is 4.57 Å². The van der Waals surface area contributed by atoms with Crippen molar-refractivity contribution < 1.29 is 19.7 Å². The fraction of sp³-hybridized carbons (Fsp3) is 0.360. The van der Waals surface area contributed by atoms with Gasteiger partial charge in [-0.1, -0.05) is 43.3 Å². The molecular formula is C25H30N2O5. The zero-order valence-electron chi connectivity index (χ0n) is 18.7. The molecule has 0 saturated carbocycles. The van der Waals surface area contributed by atoms with Crippen molar-refractivity contribution in [2.45, 2.75) is 58.6 Å². The number of ether oxygens (including phenoxy) is 1. The molecule has 0 unspecified atom stereocenters. The van der Waals surface area contributed by atoms with Crippen LogP contribution in [0.15, 0.2) is 53.3 Å². The smallest absolute Gasteiger partial charge is 0.347 e. The van der Waals surface area contributed by atoms with Crippen molar-refractivity contribution in [2.75, 3.05) is 0 Å². The summed E-state index contributed by atoms with van der Waals surface area (Å²) in [5.74, 6) is -0.554. The molecule has 3 N–H and O–H groups in total. The van der Waals surface area contributed by atoms with Crippen LogP contribution in [0.5, 0.6) is 11.6 Å². The normalized spacial score (nSPS) is 11.5. The van der Waals surface area contributed by atoms with Gasteiger partial charge in [-0.05, 0) is 68.4 Å². The van der Waals surface area contributed by atoms with E-state index in [2.05, 4.69) is 11.9 Å². The first-order valence-electron chi connectivity index (χ1n) is 10.8. The molecule has 0 aliphatic rings. The summed E-state index contributed by atoms with van der Waals surface area (Å²) < 4.78 is 6.86. The molecule has 0 aliphatic heterocycles. The van der Waals surface area contributed by atoms with Gasteiger partial charge in [0.1, 0.15) is 5.75 Å². The predicted molar refractivity (Wildman–Crippen MR) is 122 cm³/mol. The highest BCUT2D eigenvalue weighted by molar-refractivity contribution is 5.76. The van der Waals surface area contributed by atoms with E-state index in [0.29, 0.717) is 24.4 Å². The number of nitrogens with zero attached hydrogens (tertiary/aromatic N) is 1. The van der Waals surface area contributed by atoms with E-state index in [-0.39, 0.29) is 11.6 Å². The van der Waals surface area contributed by atoms with Gasteiger partial charge >= 0.3 is 11.7 Å². The molecule has 0 bridgehead atoms. The zero-order chi connectivity index (χ0) is 23.3. The summed E-state index contributed by atoms with van der Waals surface area (Å²) in [6.07, 6.45) is 2.97. The van der Waals surface area contributed by atoms with E-state index < -0.39 is 11.6 Å². The largest absolute Gasteiger partial charge is 0.493 e. The molecule has 0 spiro atoms. The number of H-pyrrole nitrogens is 1. The Hall–Kier alpha value is -3.48. The Kier molecular flexibility index (Phi) is 7.08. The number of imidazole rings is 1. The van der Waals surface area contributed by atoms with Crippen LogP contribution in [0, 0.1) is 0 Å². The third-order valence-corrected chi connectivity index (χ3v) is 5.50. The Morgan fingerprint density at radius 2 is 1.59 bits per heavy atom. The van der Waals surface area contributed by atoms with Gasteiger partial charge < -0.3 is 19.9 Å². The summed E-state index contributed by atoms with van der Waals surface area (Å²) in [5, 5.41) is 19.7. The van der Waals surface area contributed by atoms with Crippen LogP contribution in [0.3, 0.4) is 0 Å². The van der Waals surface area contributed by atoms with Crippen LogP contribution in [0.4, 0.5) is 0 Å². The molecule has 170 valence electrons. The molecule has 0 saturated heterocycles. The van der Waals surface area contributed by atoms with Crippen LogP contribution in [0.1, 0.15) is 49.6 Å². The number of carboxylic acid groups (broad SMARTS) is 1. The van der Waals surface area contributed by atoms with Gasteiger partial charge in [0.15, 0.2) is 5.60 Å². The minimum absolute atomic E-state index is 0.0192. The van der Waals surface area contributed by atoms with Gasteiger partial charge in [-0.2, -0.15) is 0 Å². The zero-order valence-corrected chi connectivity index (χ0v) is 18.7. The van der Waals surface area contributed by atoms with E-state index in [4.69, 9.17) is 9.84 Å². The van der Waals surface area contributed by atoms with Gasteiger partial charge in [-0.25, -0.2) is 9.59 Å². The third-order valence-electron chi connectivity index (χ3n) is 5.50. The monoisotopic (exact) mass is 438 g/mol. The lowest BCUT2D eigenvalue weighted by Gasteiger charge is -2.21. The van der Waals surface area contributed by atoms with E-state index in [1.165, 1.54) is 24.0 Å². The molecule has 0 amide bonds. The van der Waals surface area contributed by atoms with E-state index in [1.54, 1.807) is 12.1 Å². The van der Waals surface area contributed by atoms with Crippen LogP contribution < -0.4 is 10.4 Å². The van der Waals surface area contributed by atoms with Gasteiger partial charge in [0.25, 0.3) is 0 Å². The van der Waals surface area contributed by atoms with Crippen molar-refractivity contribution in [3.05, 3.63) is 81.4 Å². The summed E-state index contributed by atoms with van der Waals surface area (Å²) in [7, 11) is 0. The van der Waals surface area contributed by atoms with Gasteiger partial charge in [0, 0.05) is 0 Å². The Bertz CT molecular complexity index is 1110. The lowest BCUT2D eigenvalue weighted by molar-refractivity contribution is -0.152. The molecule has 32 heavy (non-hydrogen) atoms. The number of aryl methyl sites for hydroxylation is 3. The fourth-order valence-electron chi connectivity index (χ4n) is 3.43. The Balaban J connectivity index is 1.57. The number of hydrogen-bond acceptors (Lipinski definition) is 4. The van der Waals surface area contributed by atoms with Crippen LogP contribution in [-0.2, 0) is 30.6 Å². The maximum atomic E-state index is 12.3. The molecule has 3 aromatic rings. The first kappa shape index (κ1) is 23.2. The summed E-state index contributed by atoms with van der Waals surface area (Å²) in [6.45, 7) is 5.41. The van der Waals surface area contributed by atoms with Crippen molar-refractivity contribution in [1.29, 1.82) is 0 Å². The topological polar surface area (TPSA) is 105 Å². The molecule has 1 heterocycles. The quantitative estimate of drug-likeness (QED) is 0.445. The number of aliphatic carboxylic acids is 1. The number of aromatic hydroxyl groups is 1. The number of nitrogens with one attached hydrogen (secondary N) is 1. The van der Waals surface area contributed by atoms with Crippen LogP contribution >= 0.6 is 0 Å². The van der Waals surface area contributed by atoms with Crippen molar-refractivity contribution in [1.82, 2.24) is 9.55 Å². The van der Waals surface area contributed by atoms with Crippen molar-refractivity contribution in [3.8, 4) is 11.6 Å². The molecule has 0 atom stereocenters. The number of carboxylic acids is 1. The second-order valence-corrected chi connectivity index (χ2v) is 8.40. The van der Waals surface area contributed by atoms with Crippen LogP contribution in [0.25, 0.3) is 0 Å². The van der Waals surface area contributed by atoms with Crippen molar-refractivity contribution in [3.63, 3.8) is 0 Å². The predicted octanol–water partition coefficient (Wildman–Crippen LogP) is 3.91. The molecule has 7 nitrogen and oxygen atoms in total. The molecule has 0 radical (unpaired) electrons. The molecule has 0 aliphatic carbocycles. The van der Waals surface area contributed by atoms with Gasteiger partial charge in [0.05, 0.1) is 12.2 Å². The number of aromatic amines is 1. The molecule has 7 heteroatoms. The minimum atomic E-state index is -1.30. The standard InChI is InChI=1S/C25H30N2O5/c1-4-17-8-10-19(11-9-17)16-27-22(28)21(26-24(27)31)7-5-6-18-12-14-20(15-13-18)32-25(2,3)23(29)30/h8-15,28H,4-7,16H2,1-3H3,(H,26,31)(H,29,30). The van der Waals surface area contributed by atoms with Gasteiger partial charge in [-0.15, -0.1) is 0 Å². The second kappa shape index (κ2) is 9.77. The maximum Gasteiger partial charge on any atom is 0.347 e. The number of rotatable bonds is 10. The average molecular weight is 439 g/mol.